The van der Waals surface area contributed by atoms with Gasteiger partial charge in [0.05, 0.1) is 0 Å². The van der Waals surface area contributed by atoms with Crippen LogP contribution in [0.3, 0.4) is 0 Å². The van der Waals surface area contributed by atoms with Crippen LogP contribution in [0.25, 0.3) is 0 Å². The molecule has 5 heteroatoms. The molecule has 0 aliphatic rings. The maximum absolute atomic E-state index is 12.2. The third kappa shape index (κ3) is 3.54. The molecule has 0 radical (unpaired) electrons. The van der Waals surface area contributed by atoms with Gasteiger partial charge in [-0.3, -0.25) is 14.3 Å². The van der Waals surface area contributed by atoms with E-state index in [-0.39, 0.29) is 18.1 Å². The number of nitrogens with zero attached hydrogens (tertiary/aromatic N) is 1. The second-order valence-electron chi connectivity index (χ2n) is 5.67. The van der Waals surface area contributed by atoms with Crippen LogP contribution in [-0.4, -0.2) is 21.3 Å². The van der Waals surface area contributed by atoms with Crippen LogP contribution in [0.2, 0.25) is 0 Å². The molecule has 0 bridgehead atoms. The Labute approximate surface area is 129 Å². The number of nitrogens with one attached hydrogen (secondary N) is 1. The van der Waals surface area contributed by atoms with E-state index in [9.17, 15) is 9.59 Å². The van der Waals surface area contributed by atoms with Crippen LogP contribution in [0.1, 0.15) is 43.0 Å². The van der Waals surface area contributed by atoms with Crippen LogP contribution in [0.15, 0.2) is 39.9 Å². The van der Waals surface area contributed by atoms with Gasteiger partial charge >= 0.3 is 5.69 Å². The lowest BCUT2D eigenvalue weighted by Gasteiger charge is -2.18. The first kappa shape index (κ1) is 16.2. The lowest BCUT2D eigenvalue weighted by molar-refractivity contribution is 0.277. The van der Waals surface area contributed by atoms with Crippen molar-refractivity contribution in [1.82, 2.24) is 9.55 Å². The van der Waals surface area contributed by atoms with Gasteiger partial charge in [0.25, 0.3) is 5.56 Å². The summed E-state index contributed by atoms with van der Waals surface area (Å²) in [6.45, 7) is 4.29. The number of hydrogen-bond donors (Lipinski definition) is 2. The zero-order valence-electron chi connectivity index (χ0n) is 13.0. The molecule has 22 heavy (non-hydrogen) atoms. The molecule has 0 aliphatic heterocycles. The second kappa shape index (κ2) is 7.22. The Morgan fingerprint density at radius 3 is 2.45 bits per heavy atom. The number of H-pyrrole nitrogens is 1. The van der Waals surface area contributed by atoms with Crippen LogP contribution in [0.4, 0.5) is 0 Å². The first-order valence-corrected chi connectivity index (χ1v) is 7.55. The number of benzene rings is 1. The van der Waals surface area contributed by atoms with E-state index in [1.807, 2.05) is 44.2 Å². The first-order chi connectivity index (χ1) is 10.5. The van der Waals surface area contributed by atoms with Gasteiger partial charge in [-0.1, -0.05) is 44.2 Å². The predicted octanol–water partition coefficient (Wildman–Crippen LogP) is 1.63. The van der Waals surface area contributed by atoms with Crippen molar-refractivity contribution in [2.45, 2.75) is 39.2 Å². The van der Waals surface area contributed by atoms with Gasteiger partial charge in [0.1, 0.15) is 0 Å². The Morgan fingerprint density at radius 1 is 1.18 bits per heavy atom. The lowest BCUT2D eigenvalue weighted by Crippen LogP contribution is -2.36. The molecule has 0 amide bonds. The molecule has 0 fully saturated rings. The largest absolute Gasteiger partial charge is 0.396 e. The van der Waals surface area contributed by atoms with Gasteiger partial charge in [0, 0.05) is 30.8 Å². The summed E-state index contributed by atoms with van der Waals surface area (Å²) in [6, 6.07) is 9.77. The van der Waals surface area contributed by atoms with Crippen molar-refractivity contribution in [1.29, 1.82) is 0 Å². The summed E-state index contributed by atoms with van der Waals surface area (Å²) in [5.41, 5.74) is 1.71. The Morgan fingerprint density at radius 2 is 1.86 bits per heavy atom. The lowest BCUT2D eigenvalue weighted by atomic mass is 9.98. The van der Waals surface area contributed by atoms with Gasteiger partial charge < -0.3 is 5.11 Å². The standard InChI is InChI=1S/C17H22N2O3/c1-12(2)15-14(11-13-7-4-3-5-8-13)19(9-6-10-20)17(22)18-16(15)21/h3-5,7-8,12,20H,6,9-11H2,1-2H3,(H,18,21,22). The Balaban J connectivity index is 2.59. The molecule has 2 aromatic rings. The molecule has 1 aromatic carbocycles. The fourth-order valence-electron chi connectivity index (χ4n) is 2.67. The molecule has 118 valence electrons. The smallest absolute Gasteiger partial charge is 0.328 e. The van der Waals surface area contributed by atoms with E-state index in [0.29, 0.717) is 24.9 Å². The average molecular weight is 302 g/mol. The Bertz CT molecular complexity index is 730. The van der Waals surface area contributed by atoms with Crippen LogP contribution in [0, 0.1) is 0 Å². The quantitative estimate of drug-likeness (QED) is 0.851. The van der Waals surface area contributed by atoms with Crippen LogP contribution in [-0.2, 0) is 13.0 Å². The molecule has 0 spiro atoms. The fourth-order valence-corrected chi connectivity index (χ4v) is 2.67. The summed E-state index contributed by atoms with van der Waals surface area (Å²) < 4.78 is 1.58. The molecule has 5 nitrogen and oxygen atoms in total. The minimum absolute atomic E-state index is 0.00730. The molecule has 0 aliphatic carbocycles. The summed E-state index contributed by atoms with van der Waals surface area (Å²) in [4.78, 5) is 26.8. The van der Waals surface area contributed by atoms with Crippen molar-refractivity contribution in [2.24, 2.45) is 0 Å². The van der Waals surface area contributed by atoms with Crippen LogP contribution >= 0.6 is 0 Å². The van der Waals surface area contributed by atoms with Crippen LogP contribution < -0.4 is 11.2 Å². The molecule has 0 atom stereocenters. The third-order valence-electron chi connectivity index (χ3n) is 3.68. The van der Waals surface area contributed by atoms with E-state index in [4.69, 9.17) is 5.11 Å². The molecule has 0 saturated carbocycles. The highest BCUT2D eigenvalue weighted by Crippen LogP contribution is 2.18. The molecule has 0 saturated heterocycles. The van der Waals surface area contributed by atoms with Crippen molar-refractivity contribution < 1.29 is 5.11 Å². The molecule has 2 rings (SSSR count). The predicted molar refractivity (Wildman–Crippen MR) is 86.4 cm³/mol. The molecule has 0 unspecified atom stereocenters. The number of aliphatic hydroxyl groups is 1. The minimum atomic E-state index is -0.409. The summed E-state index contributed by atoms with van der Waals surface area (Å²) in [7, 11) is 0. The van der Waals surface area contributed by atoms with Crippen molar-refractivity contribution in [3.05, 3.63) is 68.0 Å². The highest BCUT2D eigenvalue weighted by atomic mass is 16.3. The van der Waals surface area contributed by atoms with Gasteiger partial charge in [-0.2, -0.15) is 0 Å². The van der Waals surface area contributed by atoms with E-state index in [2.05, 4.69) is 4.98 Å². The van der Waals surface area contributed by atoms with Crippen LogP contribution in [0.5, 0.6) is 0 Å². The van der Waals surface area contributed by atoms with Crippen molar-refractivity contribution in [2.75, 3.05) is 6.61 Å². The SMILES string of the molecule is CC(C)c1c(Cc2ccccc2)n(CCCO)c(=O)[nH]c1=O. The number of rotatable bonds is 6. The van der Waals surface area contributed by atoms with Gasteiger partial charge in [-0.05, 0) is 17.9 Å². The van der Waals surface area contributed by atoms with Gasteiger partial charge in [-0.25, -0.2) is 4.79 Å². The second-order valence-corrected chi connectivity index (χ2v) is 5.67. The van der Waals surface area contributed by atoms with E-state index < -0.39 is 5.69 Å². The summed E-state index contributed by atoms with van der Waals surface area (Å²) in [5, 5.41) is 9.04. The maximum Gasteiger partial charge on any atom is 0.328 e. The van der Waals surface area contributed by atoms with E-state index in [1.54, 1.807) is 4.57 Å². The van der Waals surface area contributed by atoms with Crippen molar-refractivity contribution >= 4 is 0 Å². The number of aliphatic hydroxyl groups excluding tert-OH is 1. The number of hydrogen-bond acceptors (Lipinski definition) is 3. The third-order valence-corrected chi connectivity index (χ3v) is 3.68. The Kier molecular flexibility index (Phi) is 5.33. The highest BCUT2D eigenvalue weighted by Gasteiger charge is 2.17. The number of aromatic amines is 1. The van der Waals surface area contributed by atoms with Gasteiger partial charge in [-0.15, -0.1) is 0 Å². The molecule has 2 N–H and O–H groups in total. The molecular formula is C17H22N2O3. The summed E-state index contributed by atoms with van der Waals surface area (Å²) in [6.07, 6.45) is 1.00. The van der Waals surface area contributed by atoms with E-state index in [1.165, 1.54) is 0 Å². The average Bonchev–Trinajstić information content (AvgIpc) is 2.47. The first-order valence-electron chi connectivity index (χ1n) is 7.55. The van der Waals surface area contributed by atoms with Gasteiger partial charge in [0.2, 0.25) is 0 Å². The molecular weight excluding hydrogens is 280 g/mol. The zero-order chi connectivity index (χ0) is 16.1. The summed E-state index contributed by atoms with van der Waals surface area (Å²) >= 11 is 0. The van der Waals surface area contributed by atoms with Gasteiger partial charge in [0.15, 0.2) is 0 Å². The maximum atomic E-state index is 12.2. The molecule has 1 heterocycles. The van der Waals surface area contributed by atoms with Crippen molar-refractivity contribution in [3.63, 3.8) is 0 Å². The zero-order valence-corrected chi connectivity index (χ0v) is 13.0. The highest BCUT2D eigenvalue weighted by molar-refractivity contribution is 5.28. The summed E-state index contributed by atoms with van der Waals surface area (Å²) in [5.74, 6) is 0.0171. The van der Waals surface area contributed by atoms with Crippen molar-refractivity contribution in [3.8, 4) is 0 Å². The number of aromatic nitrogens is 2. The monoisotopic (exact) mass is 302 g/mol. The molecule has 1 aromatic heterocycles. The fraction of sp³-hybridized carbons (Fsp3) is 0.412. The van der Waals surface area contributed by atoms with E-state index in [0.717, 1.165) is 11.3 Å². The van der Waals surface area contributed by atoms with E-state index >= 15 is 0 Å². The minimum Gasteiger partial charge on any atom is -0.396 e. The Hall–Kier alpha value is -2.14. The topological polar surface area (TPSA) is 75.1 Å². The normalized spacial score (nSPS) is 11.1.